The largest absolute Gasteiger partial charge is 0.413 e. The van der Waals surface area contributed by atoms with Gasteiger partial charge in [-0.05, 0) is 12.5 Å². The van der Waals surface area contributed by atoms with E-state index in [0.29, 0.717) is 5.44 Å². The summed E-state index contributed by atoms with van der Waals surface area (Å²) in [6.45, 7) is 0. The average Bonchev–Trinajstić information content (AvgIpc) is 1.69. The molecular formula is C4H10OSSi. The monoisotopic (exact) mass is 134 g/mol. The first-order valence-electron chi connectivity index (χ1n) is 2.69. The van der Waals surface area contributed by atoms with Crippen LogP contribution in [0.1, 0.15) is 12.8 Å². The van der Waals surface area contributed by atoms with E-state index in [-0.39, 0.29) is 9.76 Å². The van der Waals surface area contributed by atoms with Crippen LogP contribution >= 0.6 is 12.6 Å². The molecule has 0 aliphatic carbocycles. The molecule has 1 unspecified atom stereocenters. The highest BCUT2D eigenvalue weighted by Crippen LogP contribution is 2.13. The Morgan fingerprint density at radius 2 is 2.57 bits per heavy atom. The van der Waals surface area contributed by atoms with Gasteiger partial charge < -0.3 is 4.43 Å². The summed E-state index contributed by atoms with van der Waals surface area (Å²) in [6.07, 6.45) is 2.51. The molecule has 0 aromatic heterocycles. The van der Waals surface area contributed by atoms with Gasteiger partial charge in [-0.2, -0.15) is 0 Å². The van der Waals surface area contributed by atoms with Gasteiger partial charge in [-0.25, -0.2) is 0 Å². The summed E-state index contributed by atoms with van der Waals surface area (Å²) < 4.78 is 5.28. The normalized spacial score (nSPS) is 36.4. The molecule has 1 saturated heterocycles. The fraction of sp³-hybridized carbons (Fsp3) is 1.00. The SMILES string of the molecule is SC1CCC[SiH2]O1. The molecule has 1 heterocycles. The van der Waals surface area contributed by atoms with E-state index in [4.69, 9.17) is 4.43 Å². The molecule has 42 valence electrons. The van der Waals surface area contributed by atoms with Gasteiger partial charge in [0, 0.05) is 0 Å². The lowest BCUT2D eigenvalue weighted by atomic mass is 10.3. The van der Waals surface area contributed by atoms with Crippen LogP contribution in [0, 0.1) is 0 Å². The van der Waals surface area contributed by atoms with E-state index in [0.717, 1.165) is 6.42 Å². The van der Waals surface area contributed by atoms with E-state index in [1.165, 1.54) is 12.5 Å². The Bertz CT molecular complexity index is 53.7. The minimum atomic E-state index is -0.115. The quantitative estimate of drug-likeness (QED) is 0.376. The first kappa shape index (κ1) is 5.66. The van der Waals surface area contributed by atoms with Gasteiger partial charge in [0.2, 0.25) is 0 Å². The van der Waals surface area contributed by atoms with Crippen molar-refractivity contribution in [2.75, 3.05) is 0 Å². The summed E-state index contributed by atoms with van der Waals surface area (Å²) in [5, 5.41) is 0. The highest BCUT2D eigenvalue weighted by atomic mass is 32.1. The second-order valence-electron chi connectivity index (χ2n) is 1.82. The number of rotatable bonds is 0. The summed E-state index contributed by atoms with van der Waals surface area (Å²) in [5.41, 5.74) is 0.292. The van der Waals surface area contributed by atoms with Crippen molar-refractivity contribution in [1.82, 2.24) is 0 Å². The van der Waals surface area contributed by atoms with Crippen LogP contribution in [0.3, 0.4) is 0 Å². The Balaban J connectivity index is 2.12. The van der Waals surface area contributed by atoms with Crippen LogP contribution in [-0.4, -0.2) is 15.2 Å². The van der Waals surface area contributed by atoms with E-state index in [1.807, 2.05) is 0 Å². The summed E-state index contributed by atoms with van der Waals surface area (Å²) >= 11 is 4.17. The maximum Gasteiger partial charge on any atom is 0.163 e. The summed E-state index contributed by atoms with van der Waals surface area (Å²) in [6, 6.07) is 1.36. The molecule has 1 aliphatic rings. The van der Waals surface area contributed by atoms with Gasteiger partial charge in [0.05, 0.1) is 5.44 Å². The Labute approximate surface area is 51.8 Å². The molecule has 1 nitrogen and oxygen atoms in total. The average molecular weight is 134 g/mol. The first-order valence-corrected chi connectivity index (χ1v) is 4.78. The fourth-order valence-electron chi connectivity index (χ4n) is 0.724. The van der Waals surface area contributed by atoms with E-state index >= 15 is 0 Å². The predicted octanol–water partition coefficient (Wildman–Crippen LogP) is 0.555. The summed E-state index contributed by atoms with van der Waals surface area (Å²) in [5.74, 6) is 0. The molecule has 0 aromatic carbocycles. The van der Waals surface area contributed by atoms with E-state index in [1.54, 1.807) is 0 Å². The molecule has 7 heavy (non-hydrogen) atoms. The number of hydrogen-bond donors (Lipinski definition) is 1. The van der Waals surface area contributed by atoms with Crippen molar-refractivity contribution in [3.05, 3.63) is 0 Å². The molecule has 0 saturated carbocycles. The molecular weight excluding hydrogens is 124 g/mol. The van der Waals surface area contributed by atoms with Crippen molar-refractivity contribution in [1.29, 1.82) is 0 Å². The zero-order chi connectivity index (χ0) is 5.11. The second kappa shape index (κ2) is 2.74. The Morgan fingerprint density at radius 3 is 2.86 bits per heavy atom. The molecule has 0 bridgehead atoms. The third-order valence-electron chi connectivity index (χ3n) is 1.16. The molecule has 1 aliphatic heterocycles. The standard InChI is InChI=1S/C4H10OSSi/c6-4-2-1-3-7-5-4/h4,6H,1-3,7H2. The molecule has 1 rings (SSSR count). The molecule has 1 atom stereocenters. The van der Waals surface area contributed by atoms with Gasteiger partial charge in [0.1, 0.15) is 0 Å². The van der Waals surface area contributed by atoms with Gasteiger partial charge in [-0.3, -0.25) is 0 Å². The Hall–Kier alpha value is 0.527. The lowest BCUT2D eigenvalue weighted by molar-refractivity contribution is 0.272. The summed E-state index contributed by atoms with van der Waals surface area (Å²) in [7, 11) is -0.115. The minimum absolute atomic E-state index is 0.115. The van der Waals surface area contributed by atoms with Gasteiger partial charge >= 0.3 is 0 Å². The Kier molecular flexibility index (Phi) is 2.22. The van der Waals surface area contributed by atoms with Gasteiger partial charge in [0.15, 0.2) is 9.76 Å². The van der Waals surface area contributed by atoms with Crippen molar-refractivity contribution in [2.24, 2.45) is 0 Å². The van der Waals surface area contributed by atoms with E-state index in [2.05, 4.69) is 12.6 Å². The molecule has 0 amide bonds. The van der Waals surface area contributed by atoms with Crippen molar-refractivity contribution >= 4 is 22.4 Å². The molecule has 1 fully saturated rings. The highest BCUT2D eigenvalue weighted by molar-refractivity contribution is 7.80. The molecule has 0 N–H and O–H groups in total. The van der Waals surface area contributed by atoms with Crippen molar-refractivity contribution < 1.29 is 4.43 Å². The smallest absolute Gasteiger partial charge is 0.163 e. The van der Waals surface area contributed by atoms with E-state index < -0.39 is 0 Å². The van der Waals surface area contributed by atoms with Crippen LogP contribution in [0.25, 0.3) is 0 Å². The van der Waals surface area contributed by atoms with Gasteiger partial charge in [-0.1, -0.05) is 6.42 Å². The van der Waals surface area contributed by atoms with Crippen molar-refractivity contribution in [3.8, 4) is 0 Å². The maximum atomic E-state index is 5.28. The molecule has 0 radical (unpaired) electrons. The zero-order valence-corrected chi connectivity index (χ0v) is 6.57. The van der Waals surface area contributed by atoms with Crippen LogP contribution in [0.2, 0.25) is 6.04 Å². The second-order valence-corrected chi connectivity index (χ2v) is 3.85. The molecule has 3 heteroatoms. The topological polar surface area (TPSA) is 9.23 Å². The first-order chi connectivity index (χ1) is 3.39. The number of hydrogen-bond acceptors (Lipinski definition) is 2. The molecule has 0 aromatic rings. The van der Waals surface area contributed by atoms with Crippen LogP contribution in [-0.2, 0) is 4.43 Å². The van der Waals surface area contributed by atoms with E-state index in [9.17, 15) is 0 Å². The lowest BCUT2D eigenvalue weighted by Crippen LogP contribution is -2.14. The predicted molar refractivity (Wildman–Crippen MR) is 36.4 cm³/mol. The third kappa shape index (κ3) is 1.84. The Morgan fingerprint density at radius 1 is 1.71 bits per heavy atom. The van der Waals surface area contributed by atoms with Crippen molar-refractivity contribution in [2.45, 2.75) is 24.3 Å². The van der Waals surface area contributed by atoms with Crippen LogP contribution in [0.4, 0.5) is 0 Å². The lowest BCUT2D eigenvalue weighted by Gasteiger charge is -2.16. The van der Waals surface area contributed by atoms with Gasteiger partial charge in [-0.15, -0.1) is 12.6 Å². The highest BCUT2D eigenvalue weighted by Gasteiger charge is 2.07. The minimum Gasteiger partial charge on any atom is -0.413 e. The van der Waals surface area contributed by atoms with Crippen LogP contribution < -0.4 is 0 Å². The van der Waals surface area contributed by atoms with Gasteiger partial charge in [0.25, 0.3) is 0 Å². The zero-order valence-electron chi connectivity index (χ0n) is 4.26. The maximum absolute atomic E-state index is 5.28. The number of thiol groups is 1. The third-order valence-corrected chi connectivity index (χ3v) is 3.27. The van der Waals surface area contributed by atoms with Crippen LogP contribution in [0.5, 0.6) is 0 Å². The van der Waals surface area contributed by atoms with Crippen LogP contribution in [0.15, 0.2) is 0 Å². The fourth-order valence-corrected chi connectivity index (χ4v) is 2.32. The molecule has 0 spiro atoms. The van der Waals surface area contributed by atoms with Crippen molar-refractivity contribution in [3.63, 3.8) is 0 Å². The summed E-state index contributed by atoms with van der Waals surface area (Å²) in [4.78, 5) is 0.